The van der Waals surface area contributed by atoms with Gasteiger partial charge in [-0.1, -0.05) is 15.9 Å². The second-order valence-electron chi connectivity index (χ2n) is 3.93. The van der Waals surface area contributed by atoms with Crippen LogP contribution in [0.2, 0.25) is 0 Å². The van der Waals surface area contributed by atoms with E-state index in [-0.39, 0.29) is 6.61 Å². The smallest absolute Gasteiger partial charge is 0.397 e. The maximum absolute atomic E-state index is 11.7. The number of ether oxygens (including phenoxy) is 1. The molecule has 0 saturated carbocycles. The van der Waals surface area contributed by atoms with Gasteiger partial charge in [0.2, 0.25) is 0 Å². The molecule has 6 heteroatoms. The summed E-state index contributed by atoms with van der Waals surface area (Å²) >= 11 is 3.34. The average Bonchev–Trinajstić information content (AvgIpc) is 2.93. The SMILES string of the molecule is CCOC(=O)C(=O)Nc1cc(Br)ccc1-n1cccc1. The normalized spacial score (nSPS) is 10.1. The first kappa shape index (κ1) is 14.3. The van der Waals surface area contributed by atoms with Crippen LogP contribution in [0.4, 0.5) is 5.69 Å². The van der Waals surface area contributed by atoms with Crippen molar-refractivity contribution in [1.29, 1.82) is 0 Å². The van der Waals surface area contributed by atoms with Gasteiger partial charge >= 0.3 is 11.9 Å². The minimum Gasteiger partial charge on any atom is -0.459 e. The van der Waals surface area contributed by atoms with Crippen molar-refractivity contribution >= 4 is 33.5 Å². The molecular formula is C14H13BrN2O3. The fourth-order valence-electron chi connectivity index (χ4n) is 1.70. The van der Waals surface area contributed by atoms with Crippen LogP contribution < -0.4 is 5.32 Å². The van der Waals surface area contributed by atoms with Gasteiger partial charge in [0.1, 0.15) is 0 Å². The number of halogens is 1. The average molecular weight is 337 g/mol. The number of aromatic nitrogens is 1. The van der Waals surface area contributed by atoms with Crippen molar-refractivity contribution in [2.75, 3.05) is 11.9 Å². The minimum atomic E-state index is -0.897. The molecule has 0 radical (unpaired) electrons. The third kappa shape index (κ3) is 3.27. The molecule has 0 aliphatic rings. The molecule has 0 saturated heterocycles. The number of amides is 1. The molecule has 0 unspecified atom stereocenters. The fourth-order valence-corrected chi connectivity index (χ4v) is 2.06. The number of anilines is 1. The van der Waals surface area contributed by atoms with E-state index in [9.17, 15) is 9.59 Å². The van der Waals surface area contributed by atoms with Crippen molar-refractivity contribution in [2.24, 2.45) is 0 Å². The first-order valence-corrected chi connectivity index (χ1v) is 6.82. The molecular weight excluding hydrogens is 324 g/mol. The van der Waals surface area contributed by atoms with Crippen LogP contribution in [-0.4, -0.2) is 23.1 Å². The van der Waals surface area contributed by atoms with Crippen LogP contribution in [0.15, 0.2) is 47.2 Å². The zero-order valence-electron chi connectivity index (χ0n) is 10.8. The Balaban J connectivity index is 2.29. The van der Waals surface area contributed by atoms with Crippen molar-refractivity contribution in [1.82, 2.24) is 4.57 Å². The van der Waals surface area contributed by atoms with Crippen LogP contribution in [0.1, 0.15) is 6.92 Å². The van der Waals surface area contributed by atoms with Gasteiger partial charge in [-0.25, -0.2) is 4.79 Å². The van der Waals surface area contributed by atoms with Crippen LogP contribution in [0, 0.1) is 0 Å². The minimum absolute atomic E-state index is 0.162. The van der Waals surface area contributed by atoms with Crippen LogP contribution in [0.25, 0.3) is 5.69 Å². The van der Waals surface area contributed by atoms with Gasteiger partial charge in [-0.2, -0.15) is 0 Å². The van der Waals surface area contributed by atoms with E-state index in [0.717, 1.165) is 10.2 Å². The van der Waals surface area contributed by atoms with Crippen molar-refractivity contribution in [3.05, 3.63) is 47.2 Å². The highest BCUT2D eigenvalue weighted by Gasteiger charge is 2.17. The number of carbonyl (C=O) groups is 2. The summed E-state index contributed by atoms with van der Waals surface area (Å²) in [6, 6.07) is 9.17. The zero-order valence-corrected chi connectivity index (χ0v) is 12.4. The summed E-state index contributed by atoms with van der Waals surface area (Å²) in [6.07, 6.45) is 3.70. The van der Waals surface area contributed by atoms with Crippen molar-refractivity contribution < 1.29 is 14.3 Å². The van der Waals surface area contributed by atoms with E-state index in [1.54, 1.807) is 13.0 Å². The molecule has 0 aliphatic heterocycles. The molecule has 20 heavy (non-hydrogen) atoms. The summed E-state index contributed by atoms with van der Waals surface area (Å²) in [7, 11) is 0. The molecule has 104 valence electrons. The molecule has 1 heterocycles. The van der Waals surface area contributed by atoms with Gasteiger partial charge in [0, 0.05) is 16.9 Å². The van der Waals surface area contributed by atoms with E-state index >= 15 is 0 Å². The first-order valence-electron chi connectivity index (χ1n) is 6.03. The van der Waals surface area contributed by atoms with Crippen LogP contribution >= 0.6 is 15.9 Å². The Kier molecular flexibility index (Phi) is 4.57. The Labute approximate surface area is 124 Å². The second-order valence-corrected chi connectivity index (χ2v) is 4.84. The molecule has 5 nitrogen and oxygen atoms in total. The Morgan fingerprint density at radius 1 is 1.30 bits per heavy atom. The van der Waals surface area contributed by atoms with E-state index in [0.29, 0.717) is 5.69 Å². The topological polar surface area (TPSA) is 60.3 Å². The predicted octanol–water partition coefficient (Wildman–Crippen LogP) is 2.74. The monoisotopic (exact) mass is 336 g/mol. The molecule has 0 bridgehead atoms. The lowest BCUT2D eigenvalue weighted by molar-refractivity contribution is -0.152. The molecule has 1 amide bonds. The third-order valence-corrected chi connectivity index (χ3v) is 3.04. The van der Waals surface area contributed by atoms with E-state index < -0.39 is 11.9 Å². The molecule has 0 aliphatic carbocycles. The van der Waals surface area contributed by atoms with Crippen LogP contribution in [-0.2, 0) is 14.3 Å². The van der Waals surface area contributed by atoms with Gasteiger partial charge in [0.15, 0.2) is 0 Å². The predicted molar refractivity (Wildman–Crippen MR) is 78.7 cm³/mol. The number of esters is 1. The number of hydrogen-bond donors (Lipinski definition) is 1. The van der Waals surface area contributed by atoms with Crippen LogP contribution in [0.5, 0.6) is 0 Å². The number of nitrogens with zero attached hydrogens (tertiary/aromatic N) is 1. The number of nitrogens with one attached hydrogen (secondary N) is 1. The second kappa shape index (κ2) is 6.38. The number of benzene rings is 1. The standard InChI is InChI=1S/C14H13BrN2O3/c1-2-20-14(19)13(18)16-11-9-10(15)5-6-12(11)17-7-3-4-8-17/h3-9H,2H2,1H3,(H,16,18). The highest BCUT2D eigenvalue weighted by molar-refractivity contribution is 9.10. The van der Waals surface area contributed by atoms with Gasteiger partial charge in [-0.05, 0) is 37.3 Å². The quantitative estimate of drug-likeness (QED) is 0.692. The zero-order chi connectivity index (χ0) is 14.5. The summed E-state index contributed by atoms with van der Waals surface area (Å²) < 4.78 is 7.31. The van der Waals surface area contributed by atoms with Gasteiger partial charge in [-0.15, -0.1) is 0 Å². The summed E-state index contributed by atoms with van der Waals surface area (Å²) in [6.45, 7) is 1.81. The van der Waals surface area contributed by atoms with Crippen molar-refractivity contribution in [3.8, 4) is 5.69 Å². The summed E-state index contributed by atoms with van der Waals surface area (Å²) in [5.41, 5.74) is 1.28. The van der Waals surface area contributed by atoms with Gasteiger partial charge in [0.05, 0.1) is 18.0 Å². The number of rotatable bonds is 3. The van der Waals surface area contributed by atoms with E-state index in [1.165, 1.54) is 0 Å². The molecule has 2 aromatic rings. The Hall–Kier alpha value is -2.08. The Morgan fingerprint density at radius 2 is 2.00 bits per heavy atom. The maximum Gasteiger partial charge on any atom is 0.397 e. The van der Waals surface area contributed by atoms with Crippen molar-refractivity contribution in [3.63, 3.8) is 0 Å². The molecule has 2 rings (SSSR count). The molecule has 0 atom stereocenters. The fraction of sp³-hybridized carbons (Fsp3) is 0.143. The highest BCUT2D eigenvalue weighted by Crippen LogP contribution is 2.25. The van der Waals surface area contributed by atoms with Gasteiger partial charge in [0.25, 0.3) is 0 Å². The summed E-state index contributed by atoms with van der Waals surface area (Å²) in [4.78, 5) is 23.1. The third-order valence-electron chi connectivity index (χ3n) is 2.55. The lowest BCUT2D eigenvalue weighted by Crippen LogP contribution is -2.25. The van der Waals surface area contributed by atoms with Gasteiger partial charge in [-0.3, -0.25) is 4.79 Å². The Morgan fingerprint density at radius 3 is 2.65 bits per heavy atom. The Bertz CT molecular complexity index is 623. The van der Waals surface area contributed by atoms with Crippen LogP contribution in [0.3, 0.4) is 0 Å². The number of hydrogen-bond acceptors (Lipinski definition) is 3. The molecule has 1 aromatic heterocycles. The van der Waals surface area contributed by atoms with Crippen molar-refractivity contribution in [2.45, 2.75) is 6.92 Å². The van der Waals surface area contributed by atoms with Gasteiger partial charge < -0.3 is 14.6 Å². The molecule has 1 N–H and O–H groups in total. The van der Waals surface area contributed by atoms with E-state index in [4.69, 9.17) is 0 Å². The molecule has 1 aromatic carbocycles. The molecule has 0 spiro atoms. The van der Waals surface area contributed by atoms with E-state index in [1.807, 2.05) is 41.2 Å². The summed E-state index contributed by atoms with van der Waals surface area (Å²) in [5.74, 6) is -1.69. The number of carbonyl (C=O) groups excluding carboxylic acids is 2. The van der Waals surface area contributed by atoms with E-state index in [2.05, 4.69) is 26.0 Å². The largest absolute Gasteiger partial charge is 0.459 e. The maximum atomic E-state index is 11.7. The first-order chi connectivity index (χ1) is 9.61. The lowest BCUT2D eigenvalue weighted by atomic mass is 10.2. The highest BCUT2D eigenvalue weighted by atomic mass is 79.9. The summed E-state index contributed by atoms with van der Waals surface area (Å²) in [5, 5.41) is 2.56. The lowest BCUT2D eigenvalue weighted by Gasteiger charge is -2.12. The molecule has 0 fully saturated rings.